The standard InChI is InChI=1S/C19H23ClN6O/c20-14-4-8-24(9-5-14)19(27)25-7-1-2-13(12-25)18-23-11-15-10-22-17-16(26(15)18)3-6-21-17/h3,6,10-11,13-14,21H,1-2,4-5,7-9,12H2. The molecule has 1 unspecified atom stereocenters. The second-order valence-corrected chi connectivity index (χ2v) is 8.19. The third kappa shape index (κ3) is 2.94. The molecule has 2 aliphatic heterocycles. The summed E-state index contributed by atoms with van der Waals surface area (Å²) in [5, 5.41) is 0.205. The molecule has 1 atom stereocenters. The number of hydrogen-bond donors (Lipinski definition) is 1. The van der Waals surface area contributed by atoms with Gasteiger partial charge >= 0.3 is 6.03 Å². The Balaban J connectivity index is 1.40. The van der Waals surface area contributed by atoms with E-state index in [1.165, 1.54) is 0 Å². The molecule has 0 saturated carbocycles. The van der Waals surface area contributed by atoms with Crippen molar-refractivity contribution in [3.63, 3.8) is 0 Å². The highest BCUT2D eigenvalue weighted by atomic mass is 35.5. The van der Waals surface area contributed by atoms with E-state index in [0.29, 0.717) is 6.54 Å². The first kappa shape index (κ1) is 16.9. The molecule has 7 nitrogen and oxygen atoms in total. The van der Waals surface area contributed by atoms with E-state index in [1.807, 2.05) is 34.5 Å². The molecule has 2 amide bonds. The van der Waals surface area contributed by atoms with Crippen molar-refractivity contribution in [1.82, 2.24) is 29.2 Å². The van der Waals surface area contributed by atoms with Crippen LogP contribution < -0.4 is 0 Å². The van der Waals surface area contributed by atoms with Gasteiger partial charge in [-0.1, -0.05) is 0 Å². The molecule has 142 valence electrons. The molecule has 0 radical (unpaired) electrons. The molecule has 5 heterocycles. The molecule has 3 aromatic rings. The van der Waals surface area contributed by atoms with Crippen LogP contribution in [0.4, 0.5) is 4.79 Å². The monoisotopic (exact) mass is 386 g/mol. The first-order valence-corrected chi connectivity index (χ1v) is 10.1. The topological polar surface area (TPSA) is 69.5 Å². The lowest BCUT2D eigenvalue weighted by atomic mass is 9.97. The number of fused-ring (bicyclic) bond motifs is 3. The third-order valence-corrected chi connectivity index (χ3v) is 6.28. The van der Waals surface area contributed by atoms with Crippen LogP contribution in [0.1, 0.15) is 37.4 Å². The van der Waals surface area contributed by atoms with Crippen LogP contribution in [0.5, 0.6) is 0 Å². The van der Waals surface area contributed by atoms with Crippen molar-refractivity contribution >= 4 is 34.3 Å². The van der Waals surface area contributed by atoms with Crippen LogP contribution in [0.25, 0.3) is 16.7 Å². The lowest BCUT2D eigenvalue weighted by Crippen LogP contribution is -2.49. The minimum absolute atomic E-state index is 0.151. The molecule has 27 heavy (non-hydrogen) atoms. The summed E-state index contributed by atoms with van der Waals surface area (Å²) in [5.41, 5.74) is 2.88. The number of rotatable bonds is 1. The minimum Gasteiger partial charge on any atom is -0.345 e. The number of aromatic amines is 1. The second-order valence-electron chi connectivity index (χ2n) is 7.58. The van der Waals surface area contributed by atoms with Crippen LogP contribution in [0.2, 0.25) is 0 Å². The van der Waals surface area contributed by atoms with Crippen LogP contribution in [-0.4, -0.2) is 66.7 Å². The molecule has 8 heteroatoms. The number of piperidine rings is 2. The van der Waals surface area contributed by atoms with Gasteiger partial charge in [-0.15, -0.1) is 11.6 Å². The Kier molecular flexibility index (Phi) is 4.19. The number of carbonyl (C=O) groups excluding carboxylic acids is 1. The molecule has 2 aliphatic rings. The Labute approximate surface area is 162 Å². The number of amides is 2. The predicted octanol–water partition coefficient (Wildman–Crippen LogP) is 3.21. The first-order chi connectivity index (χ1) is 13.2. The molecule has 2 saturated heterocycles. The van der Waals surface area contributed by atoms with E-state index in [2.05, 4.69) is 14.4 Å². The number of alkyl halides is 1. The van der Waals surface area contributed by atoms with Crippen molar-refractivity contribution in [2.75, 3.05) is 26.2 Å². The van der Waals surface area contributed by atoms with Crippen molar-refractivity contribution in [2.24, 2.45) is 0 Å². The predicted molar refractivity (Wildman–Crippen MR) is 104 cm³/mol. The van der Waals surface area contributed by atoms with Gasteiger partial charge in [0.05, 0.1) is 23.4 Å². The van der Waals surface area contributed by atoms with Gasteiger partial charge in [-0.05, 0) is 31.7 Å². The maximum Gasteiger partial charge on any atom is 0.320 e. The van der Waals surface area contributed by atoms with Crippen molar-refractivity contribution in [2.45, 2.75) is 37.0 Å². The highest BCUT2D eigenvalue weighted by molar-refractivity contribution is 6.20. The van der Waals surface area contributed by atoms with Crippen LogP contribution in [0, 0.1) is 0 Å². The van der Waals surface area contributed by atoms with Gasteiger partial charge in [-0.25, -0.2) is 14.8 Å². The van der Waals surface area contributed by atoms with E-state index < -0.39 is 0 Å². The van der Waals surface area contributed by atoms with Crippen molar-refractivity contribution in [3.05, 3.63) is 30.5 Å². The Bertz CT molecular complexity index is 973. The number of aromatic nitrogens is 4. The normalized spacial score (nSPS) is 22.0. The Morgan fingerprint density at radius 1 is 1.11 bits per heavy atom. The zero-order valence-electron chi connectivity index (χ0n) is 15.1. The van der Waals surface area contributed by atoms with E-state index in [1.54, 1.807) is 0 Å². The molecule has 0 aliphatic carbocycles. The number of H-pyrrole nitrogens is 1. The third-order valence-electron chi connectivity index (χ3n) is 5.84. The van der Waals surface area contributed by atoms with Gasteiger partial charge in [0.1, 0.15) is 5.82 Å². The number of nitrogens with zero attached hydrogens (tertiary/aromatic N) is 5. The van der Waals surface area contributed by atoms with Gasteiger partial charge in [0.2, 0.25) is 0 Å². The zero-order valence-corrected chi connectivity index (χ0v) is 15.9. The average molecular weight is 387 g/mol. The summed E-state index contributed by atoms with van der Waals surface area (Å²) < 4.78 is 2.18. The SMILES string of the molecule is O=C(N1CCC(Cl)CC1)N1CCCC(c2ncc3cnc4[nH]ccc4n23)C1. The average Bonchev–Trinajstić information content (AvgIpc) is 3.34. The fraction of sp³-hybridized carbons (Fsp3) is 0.526. The number of halogens is 1. The molecule has 0 bridgehead atoms. The Morgan fingerprint density at radius 2 is 1.93 bits per heavy atom. The number of hydrogen-bond acceptors (Lipinski definition) is 3. The number of nitrogens with one attached hydrogen (secondary N) is 1. The quantitative estimate of drug-likeness (QED) is 0.653. The second kappa shape index (κ2) is 6.71. The van der Waals surface area contributed by atoms with Crippen LogP contribution >= 0.6 is 11.6 Å². The maximum absolute atomic E-state index is 13.0. The number of urea groups is 1. The largest absolute Gasteiger partial charge is 0.345 e. The highest BCUT2D eigenvalue weighted by Crippen LogP contribution is 2.29. The maximum atomic E-state index is 13.0. The summed E-state index contributed by atoms with van der Waals surface area (Å²) in [6.45, 7) is 3.06. The summed E-state index contributed by atoms with van der Waals surface area (Å²) >= 11 is 6.19. The summed E-state index contributed by atoms with van der Waals surface area (Å²) in [7, 11) is 0. The lowest BCUT2D eigenvalue weighted by molar-refractivity contribution is 0.130. The molecule has 2 fully saturated rings. The molecular weight excluding hydrogens is 364 g/mol. The number of likely N-dealkylation sites (tertiary alicyclic amines) is 2. The Hall–Kier alpha value is -2.28. The van der Waals surface area contributed by atoms with Crippen molar-refractivity contribution in [1.29, 1.82) is 0 Å². The van der Waals surface area contributed by atoms with E-state index in [4.69, 9.17) is 16.6 Å². The highest BCUT2D eigenvalue weighted by Gasteiger charge is 2.31. The van der Waals surface area contributed by atoms with Crippen molar-refractivity contribution < 1.29 is 4.79 Å². The zero-order chi connectivity index (χ0) is 18.4. The van der Waals surface area contributed by atoms with Gasteiger partial charge in [0.15, 0.2) is 5.65 Å². The van der Waals surface area contributed by atoms with Gasteiger partial charge in [-0.3, -0.25) is 4.40 Å². The van der Waals surface area contributed by atoms with E-state index in [9.17, 15) is 4.79 Å². The summed E-state index contributed by atoms with van der Waals surface area (Å²) in [6, 6.07) is 2.18. The summed E-state index contributed by atoms with van der Waals surface area (Å²) in [6.07, 6.45) is 9.43. The molecule has 0 spiro atoms. The molecule has 5 rings (SSSR count). The van der Waals surface area contributed by atoms with Gasteiger partial charge in [-0.2, -0.15) is 0 Å². The van der Waals surface area contributed by atoms with Crippen LogP contribution in [-0.2, 0) is 0 Å². The van der Waals surface area contributed by atoms with Crippen LogP contribution in [0.3, 0.4) is 0 Å². The Morgan fingerprint density at radius 3 is 2.78 bits per heavy atom. The van der Waals surface area contributed by atoms with E-state index in [-0.39, 0.29) is 17.3 Å². The summed E-state index contributed by atoms with van der Waals surface area (Å²) in [5.74, 6) is 1.25. The van der Waals surface area contributed by atoms with Crippen LogP contribution in [0.15, 0.2) is 24.7 Å². The fourth-order valence-corrected chi connectivity index (χ4v) is 4.58. The van der Waals surface area contributed by atoms with E-state index >= 15 is 0 Å². The van der Waals surface area contributed by atoms with E-state index in [0.717, 1.165) is 67.8 Å². The lowest BCUT2D eigenvalue weighted by Gasteiger charge is -2.38. The van der Waals surface area contributed by atoms with Gasteiger partial charge in [0.25, 0.3) is 0 Å². The molecule has 1 N–H and O–H groups in total. The first-order valence-electron chi connectivity index (χ1n) is 9.68. The number of carbonyl (C=O) groups is 1. The molecule has 0 aromatic carbocycles. The fourth-order valence-electron chi connectivity index (χ4n) is 4.39. The minimum atomic E-state index is 0.151. The smallest absolute Gasteiger partial charge is 0.320 e. The van der Waals surface area contributed by atoms with Gasteiger partial charge < -0.3 is 14.8 Å². The molecular formula is C19H23ClN6O. The summed E-state index contributed by atoms with van der Waals surface area (Å²) in [4.78, 5) is 29.2. The number of imidazole rings is 1. The molecule has 3 aromatic heterocycles. The van der Waals surface area contributed by atoms with Crippen molar-refractivity contribution in [3.8, 4) is 0 Å². The van der Waals surface area contributed by atoms with Gasteiger partial charge in [0, 0.05) is 43.7 Å².